The topological polar surface area (TPSA) is 75.6 Å². The lowest BCUT2D eigenvalue weighted by molar-refractivity contribution is -0.174. The van der Waals surface area contributed by atoms with Gasteiger partial charge in [0.15, 0.2) is 0 Å². The molecule has 22 heavy (non-hydrogen) atoms. The third kappa shape index (κ3) is 5.63. The van der Waals surface area contributed by atoms with Gasteiger partial charge in [-0.3, -0.25) is 9.59 Å². The fraction of sp³-hybridized carbons (Fsp3) is 0.429. The molecule has 0 saturated carbocycles. The average Bonchev–Trinajstić information content (AvgIpc) is 2.43. The smallest absolute Gasteiger partial charge is 0.471 e. The van der Waals surface area contributed by atoms with Crippen LogP contribution in [0, 0.1) is 5.92 Å². The van der Waals surface area contributed by atoms with Gasteiger partial charge in [-0.2, -0.15) is 13.2 Å². The Bertz CT molecular complexity index is 514. The van der Waals surface area contributed by atoms with Crippen molar-refractivity contribution in [1.29, 1.82) is 0 Å². The van der Waals surface area contributed by atoms with E-state index in [1.54, 1.807) is 29.6 Å². The van der Waals surface area contributed by atoms with Gasteiger partial charge in [-0.15, -0.1) is 0 Å². The van der Waals surface area contributed by atoms with Crippen LogP contribution in [0.4, 0.5) is 13.2 Å². The quantitative estimate of drug-likeness (QED) is 0.806. The molecule has 0 saturated heterocycles. The van der Waals surface area contributed by atoms with Gasteiger partial charge in [-0.05, 0) is 31.0 Å². The van der Waals surface area contributed by atoms with Gasteiger partial charge in [0.1, 0.15) is 5.75 Å². The Morgan fingerprint density at radius 3 is 2.32 bits per heavy atom. The highest BCUT2D eigenvalue weighted by molar-refractivity contribution is 5.82. The van der Waals surface area contributed by atoms with Crippen LogP contribution in [-0.2, 0) is 16.0 Å². The van der Waals surface area contributed by atoms with Crippen LogP contribution < -0.4 is 10.1 Å². The van der Waals surface area contributed by atoms with E-state index in [1.807, 2.05) is 6.92 Å². The second-order valence-electron chi connectivity index (χ2n) is 4.52. The van der Waals surface area contributed by atoms with E-state index in [0.29, 0.717) is 17.9 Å². The second-order valence-corrected chi connectivity index (χ2v) is 4.52. The molecule has 8 heteroatoms. The van der Waals surface area contributed by atoms with Crippen LogP contribution in [0.15, 0.2) is 24.3 Å². The maximum absolute atomic E-state index is 12.1. The lowest BCUT2D eigenvalue weighted by Gasteiger charge is -2.14. The molecule has 0 heterocycles. The van der Waals surface area contributed by atoms with Crippen molar-refractivity contribution in [2.75, 3.05) is 13.2 Å². The Hall–Kier alpha value is -2.25. The van der Waals surface area contributed by atoms with Gasteiger partial charge in [0.25, 0.3) is 0 Å². The molecule has 1 rings (SSSR count). The second kappa shape index (κ2) is 7.67. The number of ether oxygens (including phenoxy) is 1. The van der Waals surface area contributed by atoms with Gasteiger partial charge in [-0.25, -0.2) is 0 Å². The van der Waals surface area contributed by atoms with E-state index < -0.39 is 30.5 Å². The summed E-state index contributed by atoms with van der Waals surface area (Å²) in [5.74, 6) is -3.96. The first-order valence-electron chi connectivity index (χ1n) is 6.53. The number of carbonyl (C=O) groups is 2. The molecule has 0 radical (unpaired) electrons. The normalized spacial score (nSPS) is 12.5. The Labute approximate surface area is 125 Å². The molecule has 1 unspecified atom stereocenters. The molecule has 0 aliphatic carbocycles. The maximum atomic E-state index is 12.1. The van der Waals surface area contributed by atoms with E-state index in [2.05, 4.69) is 0 Å². The van der Waals surface area contributed by atoms with E-state index in [4.69, 9.17) is 9.84 Å². The summed E-state index contributed by atoms with van der Waals surface area (Å²) in [5, 5.41) is 10.6. The molecule has 1 atom stereocenters. The maximum Gasteiger partial charge on any atom is 0.471 e. The van der Waals surface area contributed by atoms with Gasteiger partial charge in [0, 0.05) is 6.54 Å². The minimum atomic E-state index is -5.03. The van der Waals surface area contributed by atoms with Gasteiger partial charge in [0.2, 0.25) is 0 Å². The number of hydrogen-bond acceptors (Lipinski definition) is 3. The van der Waals surface area contributed by atoms with E-state index >= 15 is 0 Å². The first kappa shape index (κ1) is 17.8. The molecule has 1 aromatic carbocycles. The van der Waals surface area contributed by atoms with Crippen LogP contribution in [0.3, 0.4) is 0 Å². The number of nitrogens with one attached hydrogen (secondary N) is 1. The summed E-state index contributed by atoms with van der Waals surface area (Å²) in [4.78, 5) is 21.8. The third-order valence-corrected chi connectivity index (χ3v) is 2.83. The summed E-state index contributed by atoms with van der Waals surface area (Å²) >= 11 is 0. The largest absolute Gasteiger partial charge is 0.494 e. The molecule has 0 bridgehead atoms. The van der Waals surface area contributed by atoms with Crippen LogP contribution >= 0.6 is 0 Å². The van der Waals surface area contributed by atoms with Crippen molar-refractivity contribution in [2.45, 2.75) is 19.5 Å². The zero-order valence-electron chi connectivity index (χ0n) is 11.8. The standard InChI is InChI=1S/C14H16F3NO4/c1-2-22-11-5-3-9(4-6-11)7-10(12(19)20)8-18-13(21)14(15,16)17/h3-6,10H,2,7-8H2,1H3,(H,18,21)(H,19,20). The van der Waals surface area contributed by atoms with Crippen LogP contribution in [0.5, 0.6) is 5.75 Å². The van der Waals surface area contributed by atoms with Gasteiger partial charge in [-0.1, -0.05) is 12.1 Å². The molecule has 0 aromatic heterocycles. The lowest BCUT2D eigenvalue weighted by atomic mass is 9.99. The molecular formula is C14H16F3NO4. The van der Waals surface area contributed by atoms with Crippen molar-refractivity contribution in [3.05, 3.63) is 29.8 Å². The van der Waals surface area contributed by atoms with E-state index in [0.717, 1.165) is 0 Å². The summed E-state index contributed by atoms with van der Waals surface area (Å²) in [6, 6.07) is 6.55. The highest BCUT2D eigenvalue weighted by Gasteiger charge is 2.39. The predicted molar refractivity (Wildman–Crippen MR) is 71.5 cm³/mol. The molecule has 2 N–H and O–H groups in total. The summed E-state index contributed by atoms with van der Waals surface area (Å²) < 4.78 is 41.4. The molecule has 1 aromatic rings. The summed E-state index contributed by atoms with van der Waals surface area (Å²) in [5.41, 5.74) is 0.622. The van der Waals surface area contributed by atoms with Crippen LogP contribution in [0.1, 0.15) is 12.5 Å². The van der Waals surface area contributed by atoms with Crippen molar-refractivity contribution in [3.63, 3.8) is 0 Å². The van der Waals surface area contributed by atoms with Gasteiger partial charge >= 0.3 is 18.1 Å². The van der Waals surface area contributed by atoms with E-state index in [9.17, 15) is 22.8 Å². The molecule has 122 valence electrons. The number of hydrogen-bond donors (Lipinski definition) is 2. The van der Waals surface area contributed by atoms with Crippen molar-refractivity contribution < 1.29 is 32.6 Å². The SMILES string of the molecule is CCOc1ccc(CC(CNC(=O)C(F)(F)F)C(=O)O)cc1. The highest BCUT2D eigenvalue weighted by atomic mass is 19.4. The van der Waals surface area contributed by atoms with Crippen LogP contribution in [0.25, 0.3) is 0 Å². The number of halogens is 3. The van der Waals surface area contributed by atoms with E-state index in [1.165, 1.54) is 0 Å². The highest BCUT2D eigenvalue weighted by Crippen LogP contribution is 2.17. The Morgan fingerprint density at radius 2 is 1.86 bits per heavy atom. The van der Waals surface area contributed by atoms with Crippen LogP contribution in [-0.4, -0.2) is 36.3 Å². The number of rotatable bonds is 7. The number of aliphatic carboxylic acids is 1. The third-order valence-electron chi connectivity index (χ3n) is 2.83. The lowest BCUT2D eigenvalue weighted by Crippen LogP contribution is -2.41. The van der Waals surface area contributed by atoms with Crippen LogP contribution in [0.2, 0.25) is 0 Å². The van der Waals surface area contributed by atoms with Crippen molar-refractivity contribution in [3.8, 4) is 5.75 Å². The Balaban J connectivity index is 2.64. The zero-order chi connectivity index (χ0) is 16.8. The number of amides is 1. The summed E-state index contributed by atoms with van der Waals surface area (Å²) in [7, 11) is 0. The molecule has 5 nitrogen and oxygen atoms in total. The first-order chi connectivity index (χ1) is 10.2. The van der Waals surface area contributed by atoms with Crippen molar-refractivity contribution >= 4 is 11.9 Å². The Morgan fingerprint density at radius 1 is 1.27 bits per heavy atom. The molecule has 0 aliphatic heterocycles. The zero-order valence-corrected chi connectivity index (χ0v) is 11.8. The molecule has 0 aliphatic rings. The fourth-order valence-electron chi connectivity index (χ4n) is 1.74. The monoisotopic (exact) mass is 319 g/mol. The number of benzene rings is 1. The number of alkyl halides is 3. The summed E-state index contributed by atoms with van der Waals surface area (Å²) in [6.07, 6.45) is -5.03. The Kier molecular flexibility index (Phi) is 6.21. The number of carbonyl (C=O) groups excluding carboxylic acids is 1. The molecule has 0 fully saturated rings. The minimum Gasteiger partial charge on any atom is -0.494 e. The first-order valence-corrected chi connectivity index (χ1v) is 6.53. The molecular weight excluding hydrogens is 303 g/mol. The fourth-order valence-corrected chi connectivity index (χ4v) is 1.74. The number of carboxylic acids is 1. The van der Waals surface area contributed by atoms with Gasteiger partial charge < -0.3 is 15.2 Å². The van der Waals surface area contributed by atoms with Crippen molar-refractivity contribution in [2.24, 2.45) is 5.92 Å². The van der Waals surface area contributed by atoms with Gasteiger partial charge in [0.05, 0.1) is 12.5 Å². The minimum absolute atomic E-state index is 0.000124. The number of carboxylic acid groups (broad SMARTS) is 1. The van der Waals surface area contributed by atoms with Crippen molar-refractivity contribution in [1.82, 2.24) is 5.32 Å². The predicted octanol–water partition coefficient (Wildman–Crippen LogP) is 2.01. The summed E-state index contributed by atoms with van der Waals surface area (Å²) in [6.45, 7) is 1.71. The molecule has 1 amide bonds. The molecule has 0 spiro atoms. The van der Waals surface area contributed by atoms with E-state index in [-0.39, 0.29) is 6.42 Å². The average molecular weight is 319 g/mol.